The van der Waals surface area contributed by atoms with E-state index < -0.39 is 56.7 Å². The van der Waals surface area contributed by atoms with Crippen molar-refractivity contribution < 1.29 is 27.3 Å². The van der Waals surface area contributed by atoms with Crippen LogP contribution in [0.1, 0.15) is 33.6 Å². The number of hydrogen-bond donors (Lipinski definition) is 1. The first-order valence-corrected chi connectivity index (χ1v) is 10.3. The average molecular weight is 365 g/mol. The molecule has 5 nitrogen and oxygen atoms in total. The maximum atomic E-state index is 13.4. The zero-order valence-electron chi connectivity index (χ0n) is 14.6. The molecule has 4 atom stereocenters. The molecule has 0 aliphatic heterocycles. The first kappa shape index (κ1) is 19.1. The number of Topliss-reactive ketones (excluding diaryl/α,β-unsaturated/α-hetero) is 1. The summed E-state index contributed by atoms with van der Waals surface area (Å²) in [5, 5.41) is 3.57. The van der Waals surface area contributed by atoms with Crippen LogP contribution in [-0.4, -0.2) is 51.5 Å². The minimum Gasteiger partial charge on any atom is -0.444 e. The molecule has 0 spiro atoms. The number of carbonyl (C=O) groups excluding carboxylic acids is 2. The van der Waals surface area contributed by atoms with E-state index in [0.29, 0.717) is 0 Å². The van der Waals surface area contributed by atoms with E-state index in [2.05, 4.69) is 5.32 Å². The molecular formula is C16H25F2NO4S. The van der Waals surface area contributed by atoms with Gasteiger partial charge in [0.25, 0.3) is 5.92 Å². The van der Waals surface area contributed by atoms with E-state index in [0.717, 1.165) is 5.37 Å². The lowest BCUT2D eigenvalue weighted by Gasteiger charge is -2.27. The van der Waals surface area contributed by atoms with Gasteiger partial charge >= 0.3 is 6.09 Å². The highest BCUT2D eigenvalue weighted by molar-refractivity contribution is 8.01. The number of ketones is 1. The topological polar surface area (TPSA) is 72.5 Å². The summed E-state index contributed by atoms with van der Waals surface area (Å²) in [5.41, 5.74) is -0.741. The fraction of sp³-hybridized carbons (Fsp3) is 0.812. The summed E-state index contributed by atoms with van der Waals surface area (Å²) in [5.74, 6) is -4.98. The van der Waals surface area contributed by atoms with Gasteiger partial charge in [-0.05, 0) is 49.1 Å². The fourth-order valence-electron chi connectivity index (χ4n) is 3.33. The molecular weight excluding hydrogens is 340 g/mol. The number of alkyl carbamates (subject to hydrolysis) is 1. The van der Waals surface area contributed by atoms with E-state index in [1.807, 2.05) is 0 Å². The first-order chi connectivity index (χ1) is 10.7. The van der Waals surface area contributed by atoms with Crippen LogP contribution in [-0.2, 0) is 19.1 Å². The van der Waals surface area contributed by atoms with Crippen molar-refractivity contribution in [3.63, 3.8) is 0 Å². The van der Waals surface area contributed by atoms with Gasteiger partial charge in [-0.15, -0.1) is 0 Å². The number of fused-ring (bicyclic) bond motifs is 1. The standard InChI is InChI=1S/C16H25F2NO4S/c1-15(2,3)23-14(21)19-13(12(20)8-24(4,5)22)9-6-10-11(7-9)16(10,17)18/h8-11,13H,6-7H2,1-5H3,(H,19,21)/t9?,10-,11+,13-/m0/s1. The number of ether oxygens (including phenoxy) is 1. The number of hydrogen-bond acceptors (Lipinski definition) is 4. The Morgan fingerprint density at radius 3 is 2.17 bits per heavy atom. The smallest absolute Gasteiger partial charge is 0.408 e. The minimum atomic E-state index is -2.65. The molecule has 2 rings (SSSR count). The lowest BCUT2D eigenvalue weighted by molar-refractivity contribution is -0.115. The van der Waals surface area contributed by atoms with E-state index in [1.165, 1.54) is 12.5 Å². The van der Waals surface area contributed by atoms with Crippen LogP contribution in [0.5, 0.6) is 0 Å². The molecule has 2 saturated carbocycles. The number of carbonyl (C=O) groups is 2. The van der Waals surface area contributed by atoms with Gasteiger partial charge in [0, 0.05) is 29.7 Å². The molecule has 0 aromatic carbocycles. The van der Waals surface area contributed by atoms with Crippen molar-refractivity contribution in [1.29, 1.82) is 0 Å². The van der Waals surface area contributed by atoms with E-state index in [-0.39, 0.29) is 12.8 Å². The van der Waals surface area contributed by atoms with E-state index >= 15 is 0 Å². The Hall–Kier alpha value is -1.18. The predicted molar refractivity (Wildman–Crippen MR) is 88.9 cm³/mol. The highest BCUT2D eigenvalue weighted by Crippen LogP contribution is 2.66. The Morgan fingerprint density at radius 1 is 1.25 bits per heavy atom. The second kappa shape index (κ2) is 5.97. The fourth-order valence-corrected chi connectivity index (χ4v) is 4.04. The van der Waals surface area contributed by atoms with Crippen molar-refractivity contribution in [3.05, 3.63) is 0 Å². The summed E-state index contributed by atoms with van der Waals surface area (Å²) in [6.07, 6.45) is 2.39. The maximum Gasteiger partial charge on any atom is 0.408 e. The summed E-state index contributed by atoms with van der Waals surface area (Å²) >= 11 is 0. The van der Waals surface area contributed by atoms with Gasteiger partial charge in [-0.25, -0.2) is 13.6 Å². The summed E-state index contributed by atoms with van der Waals surface area (Å²) in [4.78, 5) is 24.4. The average Bonchev–Trinajstić information content (AvgIpc) is 2.72. The molecule has 1 unspecified atom stereocenters. The van der Waals surface area contributed by atoms with Crippen LogP contribution in [0.15, 0.2) is 0 Å². The van der Waals surface area contributed by atoms with E-state index in [4.69, 9.17) is 4.74 Å². The van der Waals surface area contributed by atoms with Crippen LogP contribution in [0.3, 0.4) is 0 Å². The van der Waals surface area contributed by atoms with Gasteiger partial charge in [0.2, 0.25) is 0 Å². The van der Waals surface area contributed by atoms with Crippen LogP contribution in [0.2, 0.25) is 0 Å². The molecule has 24 heavy (non-hydrogen) atoms. The molecule has 0 aromatic rings. The van der Waals surface area contributed by atoms with Gasteiger partial charge in [0.05, 0.1) is 6.04 Å². The summed E-state index contributed by atoms with van der Waals surface area (Å²) in [6, 6.07) is -0.982. The molecule has 1 amide bonds. The normalized spacial score (nSPS) is 29.4. The molecule has 0 aromatic heterocycles. The van der Waals surface area contributed by atoms with Gasteiger partial charge < -0.3 is 10.1 Å². The SMILES string of the molecule is CC(C)(C)OC(=O)N[C@H](C(=O)C=S(C)(C)=O)C1C[C@@H]2[C@H](C1)C2(F)F. The number of rotatable bonds is 4. The second-order valence-electron chi connectivity index (χ2n) is 8.07. The zero-order valence-corrected chi connectivity index (χ0v) is 15.4. The van der Waals surface area contributed by atoms with Crippen molar-refractivity contribution in [2.45, 2.75) is 51.2 Å². The number of alkyl halides is 2. The van der Waals surface area contributed by atoms with Crippen molar-refractivity contribution in [2.75, 3.05) is 12.5 Å². The zero-order chi connectivity index (χ0) is 18.5. The van der Waals surface area contributed by atoms with Crippen molar-refractivity contribution >= 4 is 26.8 Å². The lowest BCUT2D eigenvalue weighted by Crippen LogP contribution is -2.48. The minimum absolute atomic E-state index is 0.173. The van der Waals surface area contributed by atoms with Gasteiger partial charge in [-0.1, -0.05) is 0 Å². The summed E-state index contributed by atoms with van der Waals surface area (Å²) < 4.78 is 43.8. The second-order valence-corrected chi connectivity index (χ2v) is 10.9. The van der Waals surface area contributed by atoms with Crippen LogP contribution in [0, 0.1) is 17.8 Å². The maximum absolute atomic E-state index is 13.4. The molecule has 0 saturated heterocycles. The van der Waals surface area contributed by atoms with E-state index in [1.54, 1.807) is 20.8 Å². The molecule has 0 heterocycles. The van der Waals surface area contributed by atoms with Crippen LogP contribution >= 0.6 is 0 Å². The van der Waals surface area contributed by atoms with Gasteiger partial charge in [-0.2, -0.15) is 0 Å². The van der Waals surface area contributed by atoms with Crippen LogP contribution in [0.4, 0.5) is 13.6 Å². The Kier molecular flexibility index (Phi) is 4.76. The quantitative estimate of drug-likeness (QED) is 0.775. The Morgan fingerprint density at radius 2 is 1.75 bits per heavy atom. The number of nitrogens with one attached hydrogen (secondary N) is 1. The molecule has 2 aliphatic carbocycles. The summed E-state index contributed by atoms with van der Waals surface area (Å²) in [7, 11) is -2.46. The highest BCUT2D eigenvalue weighted by atomic mass is 32.2. The molecule has 138 valence electrons. The van der Waals surface area contributed by atoms with Gasteiger partial charge in [0.15, 0.2) is 5.78 Å². The van der Waals surface area contributed by atoms with Crippen LogP contribution in [0.25, 0.3) is 0 Å². The molecule has 8 heteroatoms. The number of halogens is 2. The molecule has 0 radical (unpaired) electrons. The Labute approximate surface area is 141 Å². The van der Waals surface area contributed by atoms with Crippen molar-refractivity contribution in [2.24, 2.45) is 17.8 Å². The molecule has 2 aliphatic rings. The third-order valence-electron chi connectivity index (χ3n) is 4.33. The third kappa shape index (κ3) is 4.46. The highest BCUT2D eigenvalue weighted by Gasteiger charge is 2.72. The Balaban J connectivity index is 2.13. The summed E-state index contributed by atoms with van der Waals surface area (Å²) in [6.45, 7) is 5.06. The molecule has 1 N–H and O–H groups in total. The predicted octanol–water partition coefficient (Wildman–Crippen LogP) is 2.09. The van der Waals surface area contributed by atoms with Gasteiger partial charge in [-0.3, -0.25) is 9.00 Å². The largest absolute Gasteiger partial charge is 0.444 e. The molecule has 0 bridgehead atoms. The van der Waals surface area contributed by atoms with E-state index in [9.17, 15) is 22.6 Å². The molecule has 2 fully saturated rings. The Bertz CT molecular complexity index is 639. The van der Waals surface area contributed by atoms with Crippen LogP contribution < -0.4 is 5.32 Å². The third-order valence-corrected chi connectivity index (χ3v) is 5.13. The first-order valence-electron chi connectivity index (χ1n) is 7.91. The lowest BCUT2D eigenvalue weighted by atomic mass is 9.91. The van der Waals surface area contributed by atoms with Gasteiger partial charge in [0.1, 0.15) is 5.60 Å². The van der Waals surface area contributed by atoms with Crippen molar-refractivity contribution in [1.82, 2.24) is 5.32 Å². The monoisotopic (exact) mass is 365 g/mol. The number of amides is 1. The van der Waals surface area contributed by atoms with Crippen molar-refractivity contribution in [3.8, 4) is 0 Å².